The average molecular weight is 265 g/mol. The minimum absolute atomic E-state index is 0.456. The predicted molar refractivity (Wildman–Crippen MR) is 78.2 cm³/mol. The molecule has 1 N–H and O–H groups in total. The van der Waals surface area contributed by atoms with Crippen molar-refractivity contribution < 1.29 is 4.74 Å². The number of ether oxygens (including phenoxy) is 1. The minimum atomic E-state index is 0.456. The number of hydrogen-bond acceptors (Lipinski definition) is 3. The van der Waals surface area contributed by atoms with Gasteiger partial charge < -0.3 is 10.1 Å². The second kappa shape index (κ2) is 7.17. The number of nitrogens with one attached hydrogen (secondary N) is 1. The molecule has 18 heavy (non-hydrogen) atoms. The molecular weight excluding hydrogens is 242 g/mol. The Hall–Kier alpha value is -0.510. The van der Waals surface area contributed by atoms with E-state index < -0.39 is 0 Å². The fourth-order valence-electron chi connectivity index (χ4n) is 2.44. The lowest BCUT2D eigenvalue weighted by Crippen LogP contribution is -2.16. The average Bonchev–Trinajstić information content (AvgIpc) is 2.92. The van der Waals surface area contributed by atoms with Crippen LogP contribution in [0.2, 0.25) is 0 Å². The first-order valence-corrected chi connectivity index (χ1v) is 7.84. The molecule has 1 aliphatic heterocycles. The van der Waals surface area contributed by atoms with E-state index in [4.69, 9.17) is 4.74 Å². The highest BCUT2D eigenvalue weighted by atomic mass is 32.2. The summed E-state index contributed by atoms with van der Waals surface area (Å²) in [5.74, 6) is 1.08. The summed E-state index contributed by atoms with van der Waals surface area (Å²) < 4.78 is 5.69. The monoisotopic (exact) mass is 265 g/mol. The molecular formula is C15H23NOS. The number of hydrogen-bond donors (Lipinski definition) is 1. The third-order valence-electron chi connectivity index (χ3n) is 3.50. The molecule has 2 unspecified atom stereocenters. The molecule has 2 nitrogen and oxygen atoms in total. The van der Waals surface area contributed by atoms with E-state index in [1.54, 1.807) is 0 Å². The van der Waals surface area contributed by atoms with Gasteiger partial charge >= 0.3 is 0 Å². The zero-order chi connectivity index (χ0) is 12.8. The number of benzene rings is 1. The van der Waals surface area contributed by atoms with Gasteiger partial charge in [0.15, 0.2) is 0 Å². The molecule has 3 heteroatoms. The van der Waals surface area contributed by atoms with E-state index in [2.05, 4.69) is 36.5 Å². The van der Waals surface area contributed by atoms with Gasteiger partial charge in [-0.25, -0.2) is 0 Å². The lowest BCUT2D eigenvalue weighted by atomic mass is 10.1. The van der Waals surface area contributed by atoms with Crippen LogP contribution in [-0.2, 0) is 4.74 Å². The van der Waals surface area contributed by atoms with Crippen molar-refractivity contribution in [3.8, 4) is 0 Å². The summed E-state index contributed by atoms with van der Waals surface area (Å²) in [6.45, 7) is 3.17. The Morgan fingerprint density at radius 3 is 2.94 bits per heavy atom. The Labute approximate surface area is 114 Å². The largest absolute Gasteiger partial charge is 0.377 e. The van der Waals surface area contributed by atoms with E-state index in [9.17, 15) is 0 Å². The van der Waals surface area contributed by atoms with Crippen molar-refractivity contribution in [2.24, 2.45) is 0 Å². The fraction of sp³-hybridized carbons (Fsp3) is 0.600. The van der Waals surface area contributed by atoms with Gasteiger partial charge in [0.1, 0.15) is 0 Å². The van der Waals surface area contributed by atoms with Crippen molar-refractivity contribution in [2.45, 2.75) is 43.2 Å². The zero-order valence-electron chi connectivity index (χ0n) is 11.3. The van der Waals surface area contributed by atoms with E-state index in [1.165, 1.54) is 23.3 Å². The van der Waals surface area contributed by atoms with Crippen molar-refractivity contribution in [3.63, 3.8) is 0 Å². The molecule has 0 aliphatic carbocycles. The Kier molecular flexibility index (Phi) is 5.54. The Morgan fingerprint density at radius 2 is 2.28 bits per heavy atom. The minimum Gasteiger partial charge on any atom is -0.377 e. The standard InChI is InChI=1S/C15H23NOS/c1-3-14(16-2)13-8-4-5-9-15(13)18-11-12-7-6-10-17-12/h4-5,8-9,12,14,16H,3,6-7,10-11H2,1-2H3. The first kappa shape index (κ1) is 13.9. The topological polar surface area (TPSA) is 21.3 Å². The Balaban J connectivity index is 2.01. The van der Waals surface area contributed by atoms with Crippen LogP contribution in [0.1, 0.15) is 37.8 Å². The first-order chi connectivity index (χ1) is 8.85. The highest BCUT2D eigenvalue weighted by molar-refractivity contribution is 7.99. The molecule has 2 rings (SSSR count). The second-order valence-corrected chi connectivity index (χ2v) is 5.80. The zero-order valence-corrected chi connectivity index (χ0v) is 12.1. The molecule has 1 saturated heterocycles. The first-order valence-electron chi connectivity index (χ1n) is 6.85. The van der Waals surface area contributed by atoms with E-state index >= 15 is 0 Å². The van der Waals surface area contributed by atoms with E-state index in [0.717, 1.165) is 18.8 Å². The van der Waals surface area contributed by atoms with Gasteiger partial charge in [-0.3, -0.25) is 0 Å². The van der Waals surface area contributed by atoms with Crippen LogP contribution < -0.4 is 5.32 Å². The molecule has 0 saturated carbocycles. The predicted octanol–water partition coefficient (Wildman–Crippen LogP) is 3.63. The van der Waals surface area contributed by atoms with Gasteiger partial charge in [0.25, 0.3) is 0 Å². The summed E-state index contributed by atoms with van der Waals surface area (Å²) in [5, 5.41) is 3.39. The van der Waals surface area contributed by atoms with Crippen LogP contribution in [0.25, 0.3) is 0 Å². The number of thioether (sulfide) groups is 1. The van der Waals surface area contributed by atoms with Crippen molar-refractivity contribution in [3.05, 3.63) is 29.8 Å². The molecule has 0 amide bonds. The van der Waals surface area contributed by atoms with Gasteiger partial charge in [-0.1, -0.05) is 25.1 Å². The van der Waals surface area contributed by atoms with Gasteiger partial charge in [-0.05, 0) is 37.9 Å². The van der Waals surface area contributed by atoms with E-state index in [0.29, 0.717) is 12.1 Å². The summed E-state index contributed by atoms with van der Waals surface area (Å²) in [7, 11) is 2.04. The molecule has 1 aliphatic rings. The lowest BCUT2D eigenvalue weighted by molar-refractivity contribution is 0.129. The smallest absolute Gasteiger partial charge is 0.0669 e. The van der Waals surface area contributed by atoms with E-state index in [1.807, 2.05) is 18.8 Å². The third kappa shape index (κ3) is 3.50. The van der Waals surface area contributed by atoms with Crippen LogP contribution in [0.3, 0.4) is 0 Å². The SMILES string of the molecule is CCC(NC)c1ccccc1SCC1CCCO1. The normalized spacial score (nSPS) is 21.1. The van der Waals surface area contributed by atoms with E-state index in [-0.39, 0.29) is 0 Å². The van der Waals surface area contributed by atoms with Crippen molar-refractivity contribution in [1.82, 2.24) is 5.32 Å². The van der Waals surface area contributed by atoms with Gasteiger partial charge in [-0.2, -0.15) is 0 Å². The van der Waals surface area contributed by atoms with Crippen molar-refractivity contribution in [2.75, 3.05) is 19.4 Å². The van der Waals surface area contributed by atoms with Crippen molar-refractivity contribution >= 4 is 11.8 Å². The quantitative estimate of drug-likeness (QED) is 0.794. The highest BCUT2D eigenvalue weighted by Crippen LogP contribution is 2.31. The Morgan fingerprint density at radius 1 is 1.44 bits per heavy atom. The summed E-state index contributed by atoms with van der Waals surface area (Å²) in [5.41, 5.74) is 1.42. The summed E-state index contributed by atoms with van der Waals surface area (Å²) >= 11 is 1.94. The maximum absolute atomic E-state index is 5.69. The second-order valence-electron chi connectivity index (χ2n) is 4.73. The molecule has 0 bridgehead atoms. The maximum Gasteiger partial charge on any atom is 0.0669 e. The van der Waals surface area contributed by atoms with Crippen molar-refractivity contribution in [1.29, 1.82) is 0 Å². The fourth-order valence-corrected chi connectivity index (χ4v) is 3.62. The van der Waals surface area contributed by atoms with Gasteiger partial charge in [0.2, 0.25) is 0 Å². The van der Waals surface area contributed by atoms with Crippen LogP contribution in [0.15, 0.2) is 29.2 Å². The molecule has 100 valence electrons. The molecule has 1 aromatic rings. The molecule has 1 heterocycles. The van der Waals surface area contributed by atoms with Gasteiger partial charge in [0, 0.05) is 23.3 Å². The van der Waals surface area contributed by atoms with Crippen LogP contribution in [0.5, 0.6) is 0 Å². The molecule has 1 fully saturated rings. The molecule has 0 radical (unpaired) electrons. The van der Waals surface area contributed by atoms with Crippen LogP contribution >= 0.6 is 11.8 Å². The molecule has 2 atom stereocenters. The number of rotatable bonds is 6. The van der Waals surface area contributed by atoms with Gasteiger partial charge in [-0.15, -0.1) is 11.8 Å². The van der Waals surface area contributed by atoms with Gasteiger partial charge in [0.05, 0.1) is 6.10 Å². The van der Waals surface area contributed by atoms with Crippen LogP contribution in [0, 0.1) is 0 Å². The van der Waals surface area contributed by atoms with Crippen LogP contribution in [0.4, 0.5) is 0 Å². The molecule has 0 spiro atoms. The maximum atomic E-state index is 5.69. The summed E-state index contributed by atoms with van der Waals surface area (Å²) in [6.07, 6.45) is 4.02. The summed E-state index contributed by atoms with van der Waals surface area (Å²) in [6, 6.07) is 9.19. The summed E-state index contributed by atoms with van der Waals surface area (Å²) in [4.78, 5) is 1.40. The third-order valence-corrected chi connectivity index (χ3v) is 4.72. The molecule has 0 aromatic heterocycles. The molecule has 1 aromatic carbocycles. The Bertz CT molecular complexity index is 359. The van der Waals surface area contributed by atoms with Crippen LogP contribution in [-0.4, -0.2) is 25.5 Å². The lowest BCUT2D eigenvalue weighted by Gasteiger charge is -2.19. The highest BCUT2D eigenvalue weighted by Gasteiger charge is 2.17.